The number of halogens is 2. The highest BCUT2D eigenvalue weighted by Gasteiger charge is 2.07. The molecule has 1 aromatic carbocycles. The molecule has 0 saturated carbocycles. The van der Waals surface area contributed by atoms with E-state index < -0.39 is 0 Å². The Kier molecular flexibility index (Phi) is 9.09. The third kappa shape index (κ3) is 5.91. The molecule has 0 saturated heterocycles. The summed E-state index contributed by atoms with van der Waals surface area (Å²) in [5.41, 5.74) is 2.46. The van der Waals surface area contributed by atoms with Crippen LogP contribution in [0.15, 0.2) is 34.3 Å². The van der Waals surface area contributed by atoms with Gasteiger partial charge in [-0.15, -0.1) is 24.8 Å². The molecule has 0 aromatic heterocycles. The van der Waals surface area contributed by atoms with Crippen LogP contribution in [0.4, 0.5) is 5.69 Å². The molecule has 2 N–H and O–H groups in total. The molecule has 22 heavy (non-hydrogen) atoms. The van der Waals surface area contributed by atoms with Gasteiger partial charge in [0, 0.05) is 23.7 Å². The number of hydrogen-bond acceptors (Lipinski definition) is 6. The fraction of sp³-hybridized carbons (Fsp3) is 0.429. The van der Waals surface area contributed by atoms with Crippen LogP contribution < -0.4 is 10.6 Å². The normalized spacial score (nSPS) is 16.2. The molecule has 122 valence electrons. The molecule has 3 rings (SSSR count). The predicted molar refractivity (Wildman–Crippen MR) is 106 cm³/mol. The maximum absolute atomic E-state index is 4.39. The Balaban J connectivity index is 0.00000121. The fourth-order valence-corrected chi connectivity index (χ4v) is 3.56. The van der Waals surface area contributed by atoms with Gasteiger partial charge in [-0.05, 0) is 24.1 Å². The first-order valence-electron chi connectivity index (χ1n) is 6.84. The monoisotopic (exact) mass is 378 g/mol. The minimum absolute atomic E-state index is 0. The fourth-order valence-electron chi connectivity index (χ4n) is 2.04. The predicted octanol–water partition coefficient (Wildman–Crippen LogP) is 3.28. The lowest BCUT2D eigenvalue weighted by Gasteiger charge is -2.08. The second kappa shape index (κ2) is 10.3. The van der Waals surface area contributed by atoms with E-state index in [2.05, 4.69) is 44.9 Å². The highest BCUT2D eigenvalue weighted by atomic mass is 35.5. The summed E-state index contributed by atoms with van der Waals surface area (Å²) in [6, 6.07) is 8.60. The number of thioether (sulfide) groups is 2. The molecule has 0 bridgehead atoms. The zero-order valence-corrected chi connectivity index (χ0v) is 15.3. The van der Waals surface area contributed by atoms with Crippen molar-refractivity contribution in [3.05, 3.63) is 29.8 Å². The lowest BCUT2D eigenvalue weighted by Crippen LogP contribution is -2.21. The summed E-state index contributed by atoms with van der Waals surface area (Å²) in [5, 5.41) is 8.86. The van der Waals surface area contributed by atoms with Crippen LogP contribution in [0, 0.1) is 0 Å². The molecule has 0 atom stereocenters. The summed E-state index contributed by atoms with van der Waals surface area (Å²) in [5.74, 6) is 2.21. The smallest absolute Gasteiger partial charge is 0.161 e. The number of nitrogens with one attached hydrogen (secondary N) is 2. The van der Waals surface area contributed by atoms with Crippen molar-refractivity contribution >= 4 is 64.4 Å². The van der Waals surface area contributed by atoms with Gasteiger partial charge in [0.25, 0.3) is 0 Å². The van der Waals surface area contributed by atoms with Crippen LogP contribution in [0.3, 0.4) is 0 Å². The lowest BCUT2D eigenvalue weighted by atomic mass is 10.1. The maximum atomic E-state index is 4.39. The van der Waals surface area contributed by atoms with E-state index in [-0.39, 0.29) is 24.8 Å². The molecule has 0 fully saturated rings. The Hall–Kier alpha value is -0.560. The summed E-state index contributed by atoms with van der Waals surface area (Å²) in [6.07, 6.45) is 1.02. The molecule has 1 aromatic rings. The van der Waals surface area contributed by atoms with E-state index in [0.29, 0.717) is 0 Å². The molecular formula is C14H20Cl2N4S2. The molecule has 8 heteroatoms. The van der Waals surface area contributed by atoms with Crippen LogP contribution in [-0.4, -0.2) is 41.5 Å². The van der Waals surface area contributed by atoms with Crippen molar-refractivity contribution in [2.45, 2.75) is 6.42 Å². The standard InChI is InChI=1S/C14H18N4S2.2ClH/c1-3-12(18-14-17-8-10-20-14)4-2-11(1)5-6-15-13-16-7-9-19-13;;/h1-4H,5-10H2,(H,15,16)(H,17,18);2*1H. The van der Waals surface area contributed by atoms with Crippen LogP contribution >= 0.6 is 48.3 Å². The molecule has 0 unspecified atom stereocenters. The third-order valence-corrected chi connectivity index (χ3v) is 4.89. The van der Waals surface area contributed by atoms with Gasteiger partial charge in [-0.1, -0.05) is 35.7 Å². The third-order valence-electron chi connectivity index (χ3n) is 3.07. The van der Waals surface area contributed by atoms with Crippen molar-refractivity contribution in [2.24, 2.45) is 9.98 Å². The number of anilines is 1. The molecule has 0 aliphatic carbocycles. The number of rotatable bonds is 4. The first-order valence-corrected chi connectivity index (χ1v) is 8.81. The lowest BCUT2D eigenvalue weighted by molar-refractivity contribution is 0.872. The molecule has 4 nitrogen and oxygen atoms in total. The van der Waals surface area contributed by atoms with Gasteiger partial charge in [0.2, 0.25) is 0 Å². The Morgan fingerprint density at radius 1 is 0.909 bits per heavy atom. The number of amidine groups is 2. The summed E-state index contributed by atoms with van der Waals surface area (Å²) in [7, 11) is 0. The van der Waals surface area contributed by atoms with Gasteiger partial charge >= 0.3 is 0 Å². The number of nitrogens with zero attached hydrogens (tertiary/aromatic N) is 2. The van der Waals surface area contributed by atoms with Crippen LogP contribution in [0.1, 0.15) is 5.56 Å². The van der Waals surface area contributed by atoms with Crippen LogP contribution in [0.25, 0.3) is 0 Å². The van der Waals surface area contributed by atoms with E-state index in [4.69, 9.17) is 0 Å². The van der Waals surface area contributed by atoms with Crippen molar-refractivity contribution in [2.75, 3.05) is 36.5 Å². The minimum Gasteiger partial charge on any atom is -0.365 e. The minimum atomic E-state index is 0. The van der Waals surface area contributed by atoms with Gasteiger partial charge in [-0.2, -0.15) is 0 Å². The Labute approximate surface area is 152 Å². The van der Waals surface area contributed by atoms with Crippen molar-refractivity contribution in [1.82, 2.24) is 5.32 Å². The van der Waals surface area contributed by atoms with Crippen molar-refractivity contribution in [3.63, 3.8) is 0 Å². The molecule has 2 heterocycles. The maximum Gasteiger partial charge on any atom is 0.161 e. The Morgan fingerprint density at radius 3 is 2.14 bits per heavy atom. The molecular weight excluding hydrogens is 359 g/mol. The highest BCUT2D eigenvalue weighted by molar-refractivity contribution is 8.14. The van der Waals surface area contributed by atoms with E-state index >= 15 is 0 Å². The summed E-state index contributed by atoms with van der Waals surface area (Å²) in [4.78, 5) is 8.77. The zero-order valence-electron chi connectivity index (χ0n) is 12.1. The van der Waals surface area contributed by atoms with Crippen LogP contribution in [-0.2, 0) is 6.42 Å². The Bertz CT molecular complexity index is 520. The van der Waals surface area contributed by atoms with E-state index in [1.807, 2.05) is 11.8 Å². The number of hydrogen-bond donors (Lipinski definition) is 2. The summed E-state index contributed by atoms with van der Waals surface area (Å²) < 4.78 is 0. The van der Waals surface area contributed by atoms with E-state index in [1.165, 1.54) is 5.56 Å². The van der Waals surface area contributed by atoms with Crippen LogP contribution in [0.2, 0.25) is 0 Å². The molecule has 2 aliphatic heterocycles. The number of aliphatic imine (C=N–C) groups is 2. The zero-order chi connectivity index (χ0) is 13.6. The van der Waals surface area contributed by atoms with Crippen molar-refractivity contribution < 1.29 is 0 Å². The van der Waals surface area contributed by atoms with Crippen LogP contribution in [0.5, 0.6) is 0 Å². The molecule has 0 radical (unpaired) electrons. The quantitative estimate of drug-likeness (QED) is 0.843. The van der Waals surface area contributed by atoms with Gasteiger partial charge in [0.15, 0.2) is 10.3 Å². The summed E-state index contributed by atoms with van der Waals surface area (Å²) in [6.45, 7) is 2.83. The van der Waals surface area contributed by atoms with E-state index in [0.717, 1.165) is 53.6 Å². The van der Waals surface area contributed by atoms with Gasteiger partial charge < -0.3 is 10.6 Å². The van der Waals surface area contributed by atoms with Gasteiger partial charge in [-0.25, -0.2) is 0 Å². The largest absolute Gasteiger partial charge is 0.365 e. The first kappa shape index (κ1) is 19.5. The SMILES string of the molecule is Cl.Cl.c1cc(NC2=NCCS2)ccc1CCNC1=NCCS1. The first-order chi connectivity index (χ1) is 9.90. The molecule has 2 aliphatic rings. The molecule has 0 amide bonds. The van der Waals surface area contributed by atoms with E-state index in [9.17, 15) is 0 Å². The van der Waals surface area contributed by atoms with Gasteiger partial charge in [0.1, 0.15) is 0 Å². The average molecular weight is 379 g/mol. The average Bonchev–Trinajstić information content (AvgIpc) is 3.14. The topological polar surface area (TPSA) is 48.8 Å². The van der Waals surface area contributed by atoms with Gasteiger partial charge in [-0.3, -0.25) is 9.98 Å². The van der Waals surface area contributed by atoms with E-state index in [1.54, 1.807) is 11.8 Å². The second-order valence-corrected chi connectivity index (χ2v) is 6.74. The van der Waals surface area contributed by atoms with Gasteiger partial charge in [0.05, 0.1) is 13.1 Å². The Morgan fingerprint density at radius 2 is 1.55 bits per heavy atom. The summed E-state index contributed by atoms with van der Waals surface area (Å²) >= 11 is 3.59. The number of benzene rings is 1. The van der Waals surface area contributed by atoms with Crippen molar-refractivity contribution in [1.29, 1.82) is 0 Å². The molecule has 0 spiro atoms. The van der Waals surface area contributed by atoms with Crippen molar-refractivity contribution in [3.8, 4) is 0 Å². The second-order valence-electron chi connectivity index (χ2n) is 4.57. The highest BCUT2D eigenvalue weighted by Crippen LogP contribution is 2.16.